The van der Waals surface area contributed by atoms with Crippen LogP contribution in [0.4, 0.5) is 0 Å². The summed E-state index contributed by atoms with van der Waals surface area (Å²) in [5.74, 6) is 2.25. The molecule has 2 fully saturated rings. The van der Waals surface area contributed by atoms with Crippen LogP contribution in [0.2, 0.25) is 0 Å². The zero-order chi connectivity index (χ0) is 13.2. The van der Waals surface area contributed by atoms with Crippen LogP contribution in [0.3, 0.4) is 0 Å². The average molecular weight is 264 g/mol. The summed E-state index contributed by atoms with van der Waals surface area (Å²) in [5.41, 5.74) is 0. The van der Waals surface area contributed by atoms with Gasteiger partial charge in [0, 0.05) is 18.0 Å². The summed E-state index contributed by atoms with van der Waals surface area (Å²) in [5, 5.41) is 7.48. The average Bonchev–Trinajstić information content (AvgIpc) is 3.20. The van der Waals surface area contributed by atoms with E-state index in [9.17, 15) is 0 Å². The first kappa shape index (κ1) is 13.1. The third kappa shape index (κ3) is 3.15. The van der Waals surface area contributed by atoms with E-state index < -0.39 is 0 Å². The molecule has 0 atom stereocenters. The van der Waals surface area contributed by atoms with Gasteiger partial charge in [0.25, 0.3) is 0 Å². The van der Waals surface area contributed by atoms with E-state index in [0.29, 0.717) is 18.0 Å². The third-order valence-corrected chi connectivity index (χ3v) is 4.53. The van der Waals surface area contributed by atoms with Gasteiger partial charge in [-0.25, -0.2) is 0 Å². The van der Waals surface area contributed by atoms with Crippen molar-refractivity contribution in [3.05, 3.63) is 11.7 Å². The highest BCUT2D eigenvalue weighted by Crippen LogP contribution is 2.38. The normalized spacial score (nSPS) is 27.9. The minimum atomic E-state index is 0.553. The van der Waals surface area contributed by atoms with E-state index in [1.165, 1.54) is 38.5 Å². The lowest BCUT2D eigenvalue weighted by Crippen LogP contribution is -2.39. The Morgan fingerprint density at radius 1 is 1.21 bits per heavy atom. The molecule has 19 heavy (non-hydrogen) atoms. The molecule has 0 amide bonds. The van der Waals surface area contributed by atoms with Crippen molar-refractivity contribution >= 4 is 0 Å². The maximum atomic E-state index is 5.31. The Balaban J connectivity index is 1.51. The lowest BCUT2D eigenvalue weighted by Gasteiger charge is -2.33. The topological polar surface area (TPSA) is 54.2 Å². The molecule has 1 heterocycles. The van der Waals surface area contributed by atoms with Gasteiger partial charge in [-0.3, -0.25) is 4.90 Å². The fraction of sp³-hybridized carbons (Fsp3) is 0.857. The summed E-state index contributed by atoms with van der Waals surface area (Å²) in [6, 6.07) is 1.36. The van der Waals surface area contributed by atoms with Crippen molar-refractivity contribution in [2.24, 2.45) is 0 Å². The van der Waals surface area contributed by atoms with Gasteiger partial charge in [0.1, 0.15) is 0 Å². The number of nitrogens with one attached hydrogen (secondary N) is 1. The summed E-state index contributed by atoms with van der Waals surface area (Å²) in [4.78, 5) is 6.89. The molecule has 1 aromatic heterocycles. The monoisotopic (exact) mass is 264 g/mol. The summed E-state index contributed by atoms with van der Waals surface area (Å²) >= 11 is 0. The second-order valence-electron chi connectivity index (χ2n) is 6.03. The molecule has 1 N–H and O–H groups in total. The Bertz CT molecular complexity index is 407. The summed E-state index contributed by atoms with van der Waals surface area (Å²) < 4.78 is 5.31. The summed E-state index contributed by atoms with van der Waals surface area (Å²) in [6.45, 7) is 0.811. The van der Waals surface area contributed by atoms with Crippen LogP contribution >= 0.6 is 0 Å². The molecule has 2 aliphatic rings. The van der Waals surface area contributed by atoms with Crippen molar-refractivity contribution < 1.29 is 4.52 Å². The molecule has 1 aromatic rings. The maximum Gasteiger partial charge on any atom is 0.229 e. The van der Waals surface area contributed by atoms with Gasteiger partial charge in [0.05, 0.1) is 6.54 Å². The van der Waals surface area contributed by atoms with Gasteiger partial charge in [-0.2, -0.15) is 4.98 Å². The van der Waals surface area contributed by atoms with Gasteiger partial charge in [-0.05, 0) is 52.6 Å². The van der Waals surface area contributed by atoms with E-state index in [2.05, 4.69) is 34.5 Å². The highest BCUT2D eigenvalue weighted by Gasteiger charge is 2.30. The van der Waals surface area contributed by atoms with Crippen LogP contribution in [0, 0.1) is 0 Å². The number of aromatic nitrogens is 2. The van der Waals surface area contributed by atoms with Crippen molar-refractivity contribution in [2.75, 3.05) is 14.1 Å². The van der Waals surface area contributed by atoms with Gasteiger partial charge in [0.2, 0.25) is 5.89 Å². The fourth-order valence-electron chi connectivity index (χ4n) is 2.99. The SMILES string of the molecule is CNC1CCC(N(C)Cc2noc(C3CC3)n2)CC1. The van der Waals surface area contributed by atoms with Crippen LogP contribution in [0.1, 0.15) is 56.2 Å². The van der Waals surface area contributed by atoms with E-state index in [-0.39, 0.29) is 0 Å². The Labute approximate surface area is 114 Å². The Morgan fingerprint density at radius 2 is 1.95 bits per heavy atom. The van der Waals surface area contributed by atoms with Crippen LogP contribution in [-0.2, 0) is 6.54 Å². The molecule has 0 spiro atoms. The Kier molecular flexibility index (Phi) is 3.84. The van der Waals surface area contributed by atoms with E-state index in [1.807, 2.05) is 0 Å². The van der Waals surface area contributed by atoms with Crippen molar-refractivity contribution in [3.63, 3.8) is 0 Å². The van der Waals surface area contributed by atoms with E-state index in [1.54, 1.807) is 0 Å². The standard InChI is InChI=1S/C14H24N4O/c1-15-11-5-7-12(8-6-11)18(2)9-13-16-14(19-17-13)10-3-4-10/h10-12,15H,3-9H2,1-2H3. The molecule has 2 saturated carbocycles. The second-order valence-corrected chi connectivity index (χ2v) is 6.03. The Hall–Kier alpha value is -0.940. The minimum absolute atomic E-state index is 0.553. The first-order valence-electron chi connectivity index (χ1n) is 7.46. The Morgan fingerprint density at radius 3 is 2.58 bits per heavy atom. The smallest absolute Gasteiger partial charge is 0.229 e. The van der Waals surface area contributed by atoms with Gasteiger partial charge < -0.3 is 9.84 Å². The lowest BCUT2D eigenvalue weighted by molar-refractivity contribution is 0.165. The molecule has 0 radical (unpaired) electrons. The van der Waals surface area contributed by atoms with E-state index in [4.69, 9.17) is 4.52 Å². The largest absolute Gasteiger partial charge is 0.339 e. The number of hydrogen-bond donors (Lipinski definition) is 1. The van der Waals surface area contributed by atoms with Gasteiger partial charge in [0.15, 0.2) is 5.82 Å². The highest BCUT2D eigenvalue weighted by atomic mass is 16.5. The van der Waals surface area contributed by atoms with Gasteiger partial charge >= 0.3 is 0 Å². The molecule has 5 nitrogen and oxygen atoms in total. The molecule has 0 aromatic carbocycles. The van der Waals surface area contributed by atoms with Crippen molar-refractivity contribution in [1.82, 2.24) is 20.4 Å². The first-order valence-corrected chi connectivity index (χ1v) is 7.46. The molecule has 106 valence electrons. The molecule has 0 bridgehead atoms. The molecule has 5 heteroatoms. The van der Waals surface area contributed by atoms with Crippen molar-refractivity contribution in [3.8, 4) is 0 Å². The van der Waals surface area contributed by atoms with Gasteiger partial charge in [-0.1, -0.05) is 5.16 Å². The second kappa shape index (κ2) is 5.59. The van der Waals surface area contributed by atoms with Gasteiger partial charge in [-0.15, -0.1) is 0 Å². The summed E-state index contributed by atoms with van der Waals surface area (Å²) in [7, 11) is 4.24. The fourth-order valence-corrected chi connectivity index (χ4v) is 2.99. The number of rotatable bonds is 5. The van der Waals surface area contributed by atoms with Crippen molar-refractivity contribution in [2.45, 2.75) is 63.1 Å². The molecular formula is C14H24N4O. The zero-order valence-corrected chi connectivity index (χ0v) is 11.9. The highest BCUT2D eigenvalue weighted by molar-refractivity contribution is 5.01. The minimum Gasteiger partial charge on any atom is -0.339 e. The van der Waals surface area contributed by atoms with E-state index >= 15 is 0 Å². The first-order chi connectivity index (χ1) is 9.26. The van der Waals surface area contributed by atoms with Crippen molar-refractivity contribution in [1.29, 1.82) is 0 Å². The zero-order valence-electron chi connectivity index (χ0n) is 11.9. The van der Waals surface area contributed by atoms with E-state index in [0.717, 1.165) is 18.3 Å². The molecule has 0 saturated heterocycles. The van der Waals surface area contributed by atoms with Crippen LogP contribution in [0.5, 0.6) is 0 Å². The predicted octanol–water partition coefficient (Wildman–Crippen LogP) is 1.91. The molecule has 0 unspecified atom stereocenters. The maximum absolute atomic E-state index is 5.31. The van der Waals surface area contributed by atoms with Crippen LogP contribution < -0.4 is 5.32 Å². The molecule has 0 aliphatic heterocycles. The number of hydrogen-bond acceptors (Lipinski definition) is 5. The van der Waals surface area contributed by atoms with Crippen LogP contribution in [-0.4, -0.2) is 41.2 Å². The predicted molar refractivity (Wildman–Crippen MR) is 72.8 cm³/mol. The molecule has 2 aliphatic carbocycles. The van der Waals surface area contributed by atoms with Crippen LogP contribution in [0.15, 0.2) is 4.52 Å². The number of nitrogens with zero attached hydrogens (tertiary/aromatic N) is 3. The quantitative estimate of drug-likeness (QED) is 0.880. The van der Waals surface area contributed by atoms with Crippen LogP contribution in [0.25, 0.3) is 0 Å². The molecular weight excluding hydrogens is 240 g/mol. The summed E-state index contributed by atoms with van der Waals surface area (Å²) in [6.07, 6.45) is 7.48. The molecule has 3 rings (SSSR count). The lowest BCUT2D eigenvalue weighted by atomic mass is 9.90. The third-order valence-electron chi connectivity index (χ3n) is 4.53.